The Morgan fingerprint density at radius 2 is 1.80 bits per heavy atom. The van der Waals surface area contributed by atoms with Crippen molar-refractivity contribution in [3.63, 3.8) is 0 Å². The molecule has 3 fully saturated rings. The van der Waals surface area contributed by atoms with Gasteiger partial charge in [0.1, 0.15) is 0 Å². The summed E-state index contributed by atoms with van der Waals surface area (Å²) in [6.07, 6.45) is 2.05. The summed E-state index contributed by atoms with van der Waals surface area (Å²) in [6, 6.07) is 2.95. The van der Waals surface area contributed by atoms with Crippen LogP contribution in [-0.4, -0.2) is 69.0 Å². The fourth-order valence-corrected chi connectivity index (χ4v) is 7.65. The van der Waals surface area contributed by atoms with Gasteiger partial charge in [-0.05, 0) is 43.4 Å². The lowest BCUT2D eigenvalue weighted by Gasteiger charge is -2.50. The van der Waals surface area contributed by atoms with E-state index in [0.29, 0.717) is 11.1 Å². The number of benzene rings is 1. The molecule has 2 aliphatic heterocycles. The van der Waals surface area contributed by atoms with Crippen molar-refractivity contribution in [2.75, 3.05) is 20.7 Å². The second kappa shape index (κ2) is 7.85. The highest BCUT2D eigenvalue weighted by molar-refractivity contribution is 6.53. The number of phenols is 1. The van der Waals surface area contributed by atoms with E-state index >= 15 is 0 Å². The Labute approximate surface area is 216 Å². The molecule has 1 N–H and O–H groups in total. The van der Waals surface area contributed by atoms with Gasteiger partial charge in [-0.1, -0.05) is 23.3 Å². The molecule has 6 atom stereocenters. The maximum absolute atomic E-state index is 13.5. The highest BCUT2D eigenvalue weighted by Gasteiger charge is 2.75. The van der Waals surface area contributed by atoms with Crippen molar-refractivity contribution in [2.24, 2.45) is 17.8 Å². The number of phenolic OH excluding ortho intramolecular Hbond substituents is 1. The molecule has 35 heavy (non-hydrogen) atoms. The summed E-state index contributed by atoms with van der Waals surface area (Å²) in [5.41, 5.74) is 1.05. The average Bonchev–Trinajstić information content (AvgIpc) is 3.15. The number of likely N-dealkylation sites (tertiary alicyclic amines) is 2. The Morgan fingerprint density at radius 3 is 2.43 bits per heavy atom. The Bertz CT molecular complexity index is 1230. The number of hydrogen-bond donors (Lipinski definition) is 1. The lowest BCUT2D eigenvalue weighted by molar-refractivity contribution is -0.141. The molecule has 1 aromatic rings. The Kier molecular flexibility index (Phi) is 5.48. The van der Waals surface area contributed by atoms with Crippen molar-refractivity contribution in [3.8, 4) is 11.5 Å². The fraction of sp³-hybridized carbons (Fsp3) is 0.500. The second-order valence-electron chi connectivity index (χ2n) is 9.47. The lowest BCUT2D eigenvalue weighted by atomic mass is 9.56. The zero-order chi connectivity index (χ0) is 25.6. The van der Waals surface area contributed by atoms with E-state index in [2.05, 4.69) is 0 Å². The summed E-state index contributed by atoms with van der Waals surface area (Å²) in [4.78, 5) is 51.5. The molecule has 4 aliphatic rings. The van der Waals surface area contributed by atoms with E-state index in [1.807, 2.05) is 6.08 Å². The maximum atomic E-state index is 13.5. The molecule has 0 radical (unpaired) electrons. The minimum absolute atomic E-state index is 0.0365. The van der Waals surface area contributed by atoms with Crippen LogP contribution in [0.2, 0.25) is 5.02 Å². The first-order chi connectivity index (χ1) is 16.4. The topological polar surface area (TPSA) is 104 Å². The van der Waals surface area contributed by atoms with E-state index in [-0.39, 0.29) is 47.7 Å². The number of fused-ring (bicyclic) bond motifs is 4. The van der Waals surface area contributed by atoms with Gasteiger partial charge in [0.15, 0.2) is 21.2 Å². The van der Waals surface area contributed by atoms with Crippen molar-refractivity contribution < 1.29 is 29.0 Å². The van der Waals surface area contributed by atoms with Crippen LogP contribution in [0.25, 0.3) is 0 Å². The van der Waals surface area contributed by atoms with Gasteiger partial charge in [-0.15, -0.1) is 23.2 Å². The zero-order valence-corrected chi connectivity index (χ0v) is 21.4. The molecule has 2 aliphatic carbocycles. The van der Waals surface area contributed by atoms with E-state index < -0.39 is 45.2 Å². The number of nitrogens with zero attached hydrogens (tertiary/aromatic N) is 2. The number of aromatic hydroxyl groups is 1. The minimum atomic E-state index is -1.92. The quantitative estimate of drug-likeness (QED) is 0.358. The van der Waals surface area contributed by atoms with Gasteiger partial charge in [0.05, 0.1) is 24.0 Å². The molecule has 2 saturated heterocycles. The van der Waals surface area contributed by atoms with E-state index in [9.17, 15) is 24.3 Å². The smallest absolute Gasteiger partial charge is 0.253 e. The molecule has 11 heteroatoms. The first-order valence-electron chi connectivity index (χ1n) is 11.3. The van der Waals surface area contributed by atoms with Crippen molar-refractivity contribution in [1.29, 1.82) is 0 Å². The summed E-state index contributed by atoms with van der Waals surface area (Å²) in [5.74, 6) is -4.97. The maximum Gasteiger partial charge on any atom is 0.253 e. The van der Waals surface area contributed by atoms with Crippen LogP contribution in [0.1, 0.15) is 31.2 Å². The Balaban J connectivity index is 1.76. The van der Waals surface area contributed by atoms with Crippen molar-refractivity contribution in [2.45, 2.75) is 35.4 Å². The van der Waals surface area contributed by atoms with E-state index in [0.717, 1.165) is 4.90 Å². The van der Waals surface area contributed by atoms with Gasteiger partial charge < -0.3 is 9.84 Å². The first kappa shape index (κ1) is 24.4. The molecular weight excluding hydrogens is 519 g/mol. The summed E-state index contributed by atoms with van der Waals surface area (Å²) in [5, 5.41) is 10.3. The number of rotatable bonds is 3. The molecule has 186 valence electrons. The lowest BCUT2D eigenvalue weighted by Crippen LogP contribution is -2.60. The monoisotopic (exact) mass is 540 g/mol. The highest BCUT2D eigenvalue weighted by Crippen LogP contribution is 2.65. The normalized spacial score (nSPS) is 36.2. The van der Waals surface area contributed by atoms with Crippen molar-refractivity contribution in [1.82, 2.24) is 9.80 Å². The molecule has 1 aromatic carbocycles. The molecule has 0 aromatic heterocycles. The van der Waals surface area contributed by atoms with E-state index in [4.69, 9.17) is 39.5 Å². The molecule has 0 spiro atoms. The van der Waals surface area contributed by atoms with Gasteiger partial charge >= 0.3 is 0 Å². The number of imide groups is 2. The van der Waals surface area contributed by atoms with Gasteiger partial charge in [0.25, 0.3) is 11.8 Å². The van der Waals surface area contributed by atoms with Crippen LogP contribution in [0.3, 0.4) is 0 Å². The third-order valence-electron chi connectivity index (χ3n) is 8.03. The predicted molar refractivity (Wildman–Crippen MR) is 128 cm³/mol. The summed E-state index contributed by atoms with van der Waals surface area (Å²) in [7, 11) is 2.67. The van der Waals surface area contributed by atoms with Crippen LogP contribution >= 0.6 is 34.8 Å². The van der Waals surface area contributed by atoms with Gasteiger partial charge in [-0.3, -0.25) is 29.0 Å². The fourth-order valence-electron chi connectivity index (χ4n) is 6.41. The van der Waals surface area contributed by atoms with Gasteiger partial charge in [0, 0.05) is 19.5 Å². The Hall–Kier alpha value is -2.29. The zero-order valence-electron chi connectivity index (χ0n) is 19.2. The molecule has 0 unspecified atom stereocenters. The van der Waals surface area contributed by atoms with Crippen LogP contribution in [0, 0.1) is 17.8 Å². The molecule has 5 rings (SSSR count). The highest BCUT2D eigenvalue weighted by atomic mass is 35.5. The van der Waals surface area contributed by atoms with Gasteiger partial charge in [-0.2, -0.15) is 0 Å². The van der Waals surface area contributed by atoms with E-state index in [1.54, 1.807) is 6.92 Å². The van der Waals surface area contributed by atoms with Crippen molar-refractivity contribution in [3.05, 3.63) is 34.4 Å². The number of methoxy groups -OCH3 is 1. The number of hydrogen-bond acceptors (Lipinski definition) is 6. The standard InChI is InChI=1S/C24H23Cl3N2O6/c1-4-29-19(31)12-6-5-11-13(16(12)20(29)32)9-23(26)21(33)28(2)22(34)24(23,27)17(11)10-7-14(25)18(30)15(8-10)35-3/h5,7-8,12-13,16-17,30H,4,6,9H2,1-3H3/t12-,13+,16-,17-,23+,24-/m0/s1. The van der Waals surface area contributed by atoms with Crippen LogP contribution in [-0.2, 0) is 19.2 Å². The third-order valence-corrected chi connectivity index (χ3v) is 9.73. The second-order valence-corrected chi connectivity index (χ2v) is 11.1. The number of halogens is 3. The molecule has 8 nitrogen and oxygen atoms in total. The number of allylic oxidation sites excluding steroid dienone is 2. The summed E-state index contributed by atoms with van der Waals surface area (Å²) in [6.45, 7) is 1.98. The van der Waals surface area contributed by atoms with Crippen LogP contribution < -0.4 is 4.74 Å². The van der Waals surface area contributed by atoms with Crippen LogP contribution in [0.5, 0.6) is 11.5 Å². The molecule has 2 heterocycles. The Morgan fingerprint density at radius 1 is 1.11 bits per heavy atom. The van der Waals surface area contributed by atoms with Crippen LogP contribution in [0.15, 0.2) is 23.8 Å². The minimum Gasteiger partial charge on any atom is -0.503 e. The number of amides is 4. The van der Waals surface area contributed by atoms with Gasteiger partial charge in [0.2, 0.25) is 11.8 Å². The van der Waals surface area contributed by atoms with Crippen LogP contribution in [0.4, 0.5) is 0 Å². The number of carbonyl (C=O) groups is 4. The number of carbonyl (C=O) groups excluding carboxylic acids is 4. The third kappa shape index (κ3) is 2.87. The SMILES string of the molecule is CCN1C(=O)[C@H]2[C@H](CC=C3[C@H]2C[C@@]2(Cl)C(=O)N(C)C(=O)[C@@]2(Cl)[C@H]3c2cc(Cl)c(O)c(OC)c2)C1=O. The number of ether oxygens (including phenoxy) is 1. The molecule has 1 saturated carbocycles. The molecule has 0 bridgehead atoms. The van der Waals surface area contributed by atoms with E-state index in [1.165, 1.54) is 31.2 Å². The van der Waals surface area contributed by atoms with Gasteiger partial charge in [-0.25, -0.2) is 0 Å². The predicted octanol–water partition coefficient (Wildman–Crippen LogP) is 3.06. The summed E-state index contributed by atoms with van der Waals surface area (Å²) < 4.78 is 5.26. The molecular formula is C24H23Cl3N2O6. The summed E-state index contributed by atoms with van der Waals surface area (Å²) >= 11 is 20.4. The largest absolute Gasteiger partial charge is 0.503 e. The van der Waals surface area contributed by atoms with Crippen molar-refractivity contribution >= 4 is 58.4 Å². The first-order valence-corrected chi connectivity index (χ1v) is 12.4. The number of alkyl halides is 2. The average molecular weight is 542 g/mol. The molecule has 4 amide bonds.